The van der Waals surface area contributed by atoms with Crippen LogP contribution in [0.5, 0.6) is 0 Å². The fraction of sp³-hybridized carbons (Fsp3) is 0.682. The van der Waals surface area contributed by atoms with Crippen molar-refractivity contribution < 1.29 is 9.90 Å². The molecule has 0 saturated heterocycles. The highest BCUT2D eigenvalue weighted by Gasteiger charge is 2.22. The SMILES string of the molecule is CCCCCCCCCCCCCc1c(C(=O)O)sc2c(Br)c(CC)sc12. The number of hydrogen-bond acceptors (Lipinski definition) is 3. The molecule has 2 aromatic heterocycles. The van der Waals surface area contributed by atoms with Crippen LogP contribution in [0.25, 0.3) is 9.40 Å². The van der Waals surface area contributed by atoms with Crippen LogP contribution in [0.2, 0.25) is 0 Å². The standard InChI is InChI=1S/C22H33BrO2S2/c1-3-5-6-7-8-9-10-11-12-13-14-15-16-19-21(27-20(16)22(24)25)18(23)17(4-2)26-19/h3-15H2,1-2H3,(H,24,25). The Bertz CT molecular complexity index is 718. The topological polar surface area (TPSA) is 37.3 Å². The van der Waals surface area contributed by atoms with Crippen LogP contribution in [0.15, 0.2) is 4.47 Å². The fourth-order valence-corrected chi connectivity index (χ4v) is 7.22. The van der Waals surface area contributed by atoms with Crippen LogP contribution in [-0.4, -0.2) is 11.1 Å². The zero-order valence-electron chi connectivity index (χ0n) is 16.7. The Morgan fingerprint density at radius 2 is 1.41 bits per heavy atom. The molecule has 2 heterocycles. The smallest absolute Gasteiger partial charge is 0.346 e. The number of aryl methyl sites for hydroxylation is 2. The van der Waals surface area contributed by atoms with Crippen molar-refractivity contribution in [3.05, 3.63) is 19.8 Å². The van der Waals surface area contributed by atoms with E-state index in [9.17, 15) is 9.90 Å². The third-order valence-electron chi connectivity index (χ3n) is 5.17. The zero-order chi connectivity index (χ0) is 19.6. The van der Waals surface area contributed by atoms with E-state index in [4.69, 9.17) is 0 Å². The number of aromatic carboxylic acids is 1. The van der Waals surface area contributed by atoms with Gasteiger partial charge in [-0.25, -0.2) is 4.79 Å². The monoisotopic (exact) mass is 472 g/mol. The third kappa shape index (κ3) is 6.57. The molecule has 0 aliphatic heterocycles. The molecule has 152 valence electrons. The molecule has 0 unspecified atom stereocenters. The van der Waals surface area contributed by atoms with E-state index in [0.29, 0.717) is 4.88 Å². The highest BCUT2D eigenvalue weighted by atomic mass is 79.9. The van der Waals surface area contributed by atoms with E-state index in [2.05, 4.69) is 29.8 Å². The van der Waals surface area contributed by atoms with Crippen molar-refractivity contribution >= 4 is 54.0 Å². The first kappa shape index (κ1) is 22.9. The molecule has 0 radical (unpaired) electrons. The van der Waals surface area contributed by atoms with E-state index in [1.54, 1.807) is 11.3 Å². The molecular formula is C22H33BrO2S2. The number of halogens is 1. The number of carboxylic acid groups (broad SMARTS) is 1. The molecule has 1 N–H and O–H groups in total. The number of fused-ring (bicyclic) bond motifs is 1. The Labute approximate surface area is 180 Å². The average Bonchev–Trinajstić information content (AvgIpc) is 3.16. The summed E-state index contributed by atoms with van der Waals surface area (Å²) in [5.41, 5.74) is 1.07. The van der Waals surface area contributed by atoms with E-state index in [0.717, 1.165) is 34.0 Å². The number of thiophene rings is 2. The summed E-state index contributed by atoms with van der Waals surface area (Å²) < 4.78 is 3.45. The van der Waals surface area contributed by atoms with Gasteiger partial charge in [0.25, 0.3) is 0 Å². The van der Waals surface area contributed by atoms with Crippen LogP contribution in [-0.2, 0) is 12.8 Å². The van der Waals surface area contributed by atoms with Crippen molar-refractivity contribution in [2.24, 2.45) is 0 Å². The maximum absolute atomic E-state index is 11.7. The highest BCUT2D eigenvalue weighted by molar-refractivity contribution is 9.10. The maximum atomic E-state index is 11.7. The molecule has 0 aliphatic rings. The molecule has 0 aliphatic carbocycles. The minimum absolute atomic E-state index is 0.548. The summed E-state index contributed by atoms with van der Waals surface area (Å²) >= 11 is 6.89. The van der Waals surface area contributed by atoms with Crippen LogP contribution in [0.4, 0.5) is 0 Å². The van der Waals surface area contributed by atoms with Crippen LogP contribution in [0.1, 0.15) is 105 Å². The molecule has 5 heteroatoms. The van der Waals surface area contributed by atoms with E-state index >= 15 is 0 Å². The quantitative estimate of drug-likeness (QED) is 0.278. The summed E-state index contributed by atoms with van der Waals surface area (Å²) in [6.45, 7) is 4.42. The van der Waals surface area contributed by atoms with Gasteiger partial charge in [0.2, 0.25) is 0 Å². The van der Waals surface area contributed by atoms with Gasteiger partial charge in [-0.1, -0.05) is 78.1 Å². The van der Waals surface area contributed by atoms with Crippen LogP contribution < -0.4 is 0 Å². The molecular weight excluding hydrogens is 440 g/mol. The highest BCUT2D eigenvalue weighted by Crippen LogP contribution is 2.44. The van der Waals surface area contributed by atoms with Crippen molar-refractivity contribution in [2.75, 3.05) is 0 Å². The molecule has 2 rings (SSSR count). The van der Waals surface area contributed by atoms with Crippen LogP contribution in [0.3, 0.4) is 0 Å². The summed E-state index contributed by atoms with van der Waals surface area (Å²) in [4.78, 5) is 13.5. The summed E-state index contributed by atoms with van der Waals surface area (Å²) in [6.07, 6.45) is 16.4. The van der Waals surface area contributed by atoms with E-state index in [1.165, 1.54) is 85.1 Å². The van der Waals surface area contributed by atoms with Gasteiger partial charge in [-0.15, -0.1) is 22.7 Å². The van der Waals surface area contributed by atoms with E-state index in [1.807, 2.05) is 0 Å². The van der Waals surface area contributed by atoms with Crippen molar-refractivity contribution in [2.45, 2.75) is 97.3 Å². The summed E-state index contributed by atoms with van der Waals surface area (Å²) in [5.74, 6) is -0.772. The van der Waals surface area contributed by atoms with Gasteiger partial charge in [-0.05, 0) is 40.8 Å². The van der Waals surface area contributed by atoms with Gasteiger partial charge in [0.05, 0.1) is 9.40 Å². The first-order valence-corrected chi connectivity index (χ1v) is 13.0. The molecule has 0 atom stereocenters. The average molecular weight is 474 g/mol. The van der Waals surface area contributed by atoms with Gasteiger partial charge in [0.15, 0.2) is 0 Å². The minimum atomic E-state index is -0.772. The summed E-state index contributed by atoms with van der Waals surface area (Å²) in [5, 5.41) is 9.58. The van der Waals surface area contributed by atoms with Crippen molar-refractivity contribution in [3.8, 4) is 0 Å². The number of carboxylic acids is 1. The van der Waals surface area contributed by atoms with Crippen molar-refractivity contribution in [3.63, 3.8) is 0 Å². The number of carbonyl (C=O) groups is 1. The zero-order valence-corrected chi connectivity index (χ0v) is 20.0. The van der Waals surface area contributed by atoms with Gasteiger partial charge < -0.3 is 5.11 Å². The lowest BCUT2D eigenvalue weighted by molar-refractivity contribution is 0.0701. The maximum Gasteiger partial charge on any atom is 0.346 e. The first-order chi connectivity index (χ1) is 13.1. The predicted molar refractivity (Wildman–Crippen MR) is 124 cm³/mol. The van der Waals surface area contributed by atoms with Gasteiger partial charge in [0, 0.05) is 9.35 Å². The lowest BCUT2D eigenvalue weighted by atomic mass is 10.0. The molecule has 0 aromatic carbocycles. The van der Waals surface area contributed by atoms with Gasteiger partial charge in [0.1, 0.15) is 4.88 Å². The normalized spacial score (nSPS) is 11.5. The Kier molecular flexibility index (Phi) is 10.4. The molecule has 0 bridgehead atoms. The van der Waals surface area contributed by atoms with Gasteiger partial charge in [-0.3, -0.25) is 0 Å². The molecule has 0 spiro atoms. The fourth-order valence-electron chi connectivity index (χ4n) is 3.59. The molecule has 0 saturated carbocycles. The van der Waals surface area contributed by atoms with Crippen molar-refractivity contribution in [1.29, 1.82) is 0 Å². The van der Waals surface area contributed by atoms with E-state index < -0.39 is 5.97 Å². The largest absolute Gasteiger partial charge is 0.477 e. The number of rotatable bonds is 14. The van der Waals surface area contributed by atoms with Gasteiger partial charge >= 0.3 is 5.97 Å². The summed E-state index contributed by atoms with van der Waals surface area (Å²) in [7, 11) is 0. The molecule has 0 fully saturated rings. The second kappa shape index (κ2) is 12.2. The molecule has 2 aromatic rings. The Balaban J connectivity index is 1.76. The lowest BCUT2D eigenvalue weighted by Gasteiger charge is -2.03. The minimum Gasteiger partial charge on any atom is -0.477 e. The second-order valence-corrected chi connectivity index (χ2v) is 10.3. The number of hydrogen-bond donors (Lipinski definition) is 1. The Hall–Kier alpha value is -0.390. The lowest BCUT2D eigenvalue weighted by Crippen LogP contribution is -1.98. The predicted octanol–water partition coefficient (Wildman–Crippen LogP) is 8.84. The van der Waals surface area contributed by atoms with Crippen LogP contribution in [0, 0.1) is 0 Å². The molecule has 2 nitrogen and oxygen atoms in total. The molecule has 27 heavy (non-hydrogen) atoms. The van der Waals surface area contributed by atoms with Crippen LogP contribution >= 0.6 is 38.6 Å². The third-order valence-corrected chi connectivity index (χ3v) is 9.33. The summed E-state index contributed by atoms with van der Waals surface area (Å²) in [6, 6.07) is 0. The van der Waals surface area contributed by atoms with Gasteiger partial charge in [-0.2, -0.15) is 0 Å². The second-order valence-electron chi connectivity index (χ2n) is 7.35. The number of unbranched alkanes of at least 4 members (excludes halogenated alkanes) is 10. The Morgan fingerprint density at radius 1 is 0.852 bits per heavy atom. The molecule has 0 amide bonds. The van der Waals surface area contributed by atoms with E-state index in [-0.39, 0.29) is 0 Å². The first-order valence-electron chi connectivity index (χ1n) is 10.6. The van der Waals surface area contributed by atoms with Crippen molar-refractivity contribution in [1.82, 2.24) is 0 Å². The Morgan fingerprint density at radius 3 is 1.93 bits per heavy atom.